The van der Waals surface area contributed by atoms with E-state index in [1.165, 1.54) is 11.8 Å². The van der Waals surface area contributed by atoms with Crippen LogP contribution in [-0.4, -0.2) is 7.11 Å². The minimum Gasteiger partial charge on any atom is -0.497 e. The SMILES string of the molecule is COc1ccc2c(c1)SC(C#N)=C(C)N2. The lowest BCUT2D eigenvalue weighted by molar-refractivity contribution is 0.414. The maximum Gasteiger partial charge on any atom is 0.120 e. The summed E-state index contributed by atoms with van der Waals surface area (Å²) in [4.78, 5) is 1.73. The minimum absolute atomic E-state index is 0.704. The van der Waals surface area contributed by atoms with Gasteiger partial charge in [0, 0.05) is 10.6 Å². The van der Waals surface area contributed by atoms with Crippen molar-refractivity contribution in [3.05, 3.63) is 28.8 Å². The van der Waals surface area contributed by atoms with Gasteiger partial charge in [0.25, 0.3) is 0 Å². The first-order chi connectivity index (χ1) is 7.24. The summed E-state index contributed by atoms with van der Waals surface area (Å²) in [6.07, 6.45) is 0. The molecule has 3 nitrogen and oxygen atoms in total. The van der Waals surface area contributed by atoms with Gasteiger partial charge in [-0.1, -0.05) is 11.8 Å². The molecule has 0 bridgehead atoms. The molecule has 0 atom stereocenters. The average molecular weight is 218 g/mol. The van der Waals surface area contributed by atoms with Crippen LogP contribution in [0, 0.1) is 11.3 Å². The summed E-state index contributed by atoms with van der Waals surface area (Å²) in [5.41, 5.74) is 1.93. The van der Waals surface area contributed by atoms with Gasteiger partial charge in [0.05, 0.1) is 12.8 Å². The molecule has 1 aromatic rings. The number of benzene rings is 1. The third-order valence-electron chi connectivity index (χ3n) is 2.17. The maximum atomic E-state index is 8.91. The van der Waals surface area contributed by atoms with E-state index in [-0.39, 0.29) is 0 Å². The largest absolute Gasteiger partial charge is 0.497 e. The highest BCUT2D eigenvalue weighted by Crippen LogP contribution is 2.40. The van der Waals surface area contributed by atoms with Gasteiger partial charge in [-0.2, -0.15) is 5.26 Å². The Hall–Kier alpha value is -1.60. The molecular formula is C11H10N2OS. The van der Waals surface area contributed by atoms with Gasteiger partial charge in [0.2, 0.25) is 0 Å². The van der Waals surface area contributed by atoms with Crippen molar-refractivity contribution in [3.63, 3.8) is 0 Å². The fourth-order valence-corrected chi connectivity index (χ4v) is 2.24. The van der Waals surface area contributed by atoms with Crippen molar-refractivity contribution in [1.82, 2.24) is 0 Å². The lowest BCUT2D eigenvalue weighted by Gasteiger charge is -2.19. The molecule has 0 saturated heterocycles. The smallest absolute Gasteiger partial charge is 0.120 e. The number of nitrogens with one attached hydrogen (secondary N) is 1. The van der Waals surface area contributed by atoms with Crippen LogP contribution in [0.5, 0.6) is 5.75 Å². The van der Waals surface area contributed by atoms with Gasteiger partial charge in [0.15, 0.2) is 0 Å². The number of allylic oxidation sites excluding steroid dienone is 2. The summed E-state index contributed by atoms with van der Waals surface area (Å²) in [5.74, 6) is 0.805. The van der Waals surface area contributed by atoms with Crippen molar-refractivity contribution in [2.45, 2.75) is 11.8 Å². The zero-order valence-electron chi connectivity index (χ0n) is 8.50. The van der Waals surface area contributed by atoms with Crippen LogP contribution in [0.4, 0.5) is 5.69 Å². The topological polar surface area (TPSA) is 45.0 Å². The zero-order chi connectivity index (χ0) is 10.8. The number of methoxy groups -OCH3 is 1. The molecule has 1 heterocycles. The van der Waals surface area contributed by atoms with Crippen LogP contribution in [0.3, 0.4) is 0 Å². The molecule has 1 N–H and O–H groups in total. The first-order valence-electron chi connectivity index (χ1n) is 4.48. The van der Waals surface area contributed by atoms with E-state index in [2.05, 4.69) is 11.4 Å². The molecule has 1 aliphatic rings. The van der Waals surface area contributed by atoms with Gasteiger partial charge in [0.1, 0.15) is 16.7 Å². The van der Waals surface area contributed by atoms with Crippen LogP contribution in [0.25, 0.3) is 0 Å². The van der Waals surface area contributed by atoms with Crippen LogP contribution in [0.2, 0.25) is 0 Å². The second-order valence-corrected chi connectivity index (χ2v) is 4.21. The summed E-state index contributed by atoms with van der Waals surface area (Å²) in [5, 5.41) is 12.1. The minimum atomic E-state index is 0.704. The highest BCUT2D eigenvalue weighted by Gasteiger charge is 2.15. The van der Waals surface area contributed by atoms with Gasteiger partial charge in [-0.3, -0.25) is 0 Å². The molecule has 1 aliphatic heterocycles. The molecule has 2 rings (SSSR count). The lowest BCUT2D eigenvalue weighted by Crippen LogP contribution is -2.04. The van der Waals surface area contributed by atoms with Crippen LogP contribution in [0.15, 0.2) is 33.7 Å². The van der Waals surface area contributed by atoms with E-state index >= 15 is 0 Å². The average Bonchev–Trinajstić information content (AvgIpc) is 2.27. The monoisotopic (exact) mass is 218 g/mol. The molecule has 0 radical (unpaired) electrons. The highest BCUT2D eigenvalue weighted by molar-refractivity contribution is 8.03. The lowest BCUT2D eigenvalue weighted by atomic mass is 10.2. The van der Waals surface area contributed by atoms with Crippen molar-refractivity contribution >= 4 is 17.4 Å². The molecular weight excluding hydrogens is 208 g/mol. The molecule has 76 valence electrons. The van der Waals surface area contributed by atoms with E-state index in [4.69, 9.17) is 10.00 Å². The number of nitriles is 1. The Balaban J connectivity index is 2.41. The molecule has 0 unspecified atom stereocenters. The predicted octanol–water partition coefficient (Wildman–Crippen LogP) is 2.97. The fourth-order valence-electron chi connectivity index (χ4n) is 1.37. The van der Waals surface area contributed by atoms with Crippen LogP contribution < -0.4 is 10.1 Å². The summed E-state index contributed by atoms with van der Waals surface area (Å²) in [6, 6.07) is 7.96. The summed E-state index contributed by atoms with van der Waals surface area (Å²) in [6.45, 7) is 1.90. The molecule has 0 spiro atoms. The number of nitrogens with zero attached hydrogens (tertiary/aromatic N) is 1. The zero-order valence-corrected chi connectivity index (χ0v) is 9.31. The second kappa shape index (κ2) is 3.87. The quantitative estimate of drug-likeness (QED) is 0.787. The number of anilines is 1. The van der Waals surface area contributed by atoms with Crippen LogP contribution >= 0.6 is 11.8 Å². The molecule has 4 heteroatoms. The summed E-state index contributed by atoms with van der Waals surface area (Å²) < 4.78 is 5.14. The van der Waals surface area contributed by atoms with E-state index in [9.17, 15) is 0 Å². The van der Waals surface area contributed by atoms with E-state index in [0.29, 0.717) is 4.91 Å². The van der Waals surface area contributed by atoms with Crippen molar-refractivity contribution in [1.29, 1.82) is 5.26 Å². The Labute approximate surface area is 92.7 Å². The van der Waals surface area contributed by atoms with Gasteiger partial charge in [-0.15, -0.1) is 0 Å². The molecule has 0 fully saturated rings. The number of hydrogen-bond acceptors (Lipinski definition) is 4. The van der Waals surface area contributed by atoms with Crippen molar-refractivity contribution < 1.29 is 4.74 Å². The third-order valence-corrected chi connectivity index (χ3v) is 3.32. The van der Waals surface area contributed by atoms with E-state index in [1.807, 2.05) is 25.1 Å². The van der Waals surface area contributed by atoms with Crippen molar-refractivity contribution in [2.75, 3.05) is 12.4 Å². The Morgan fingerprint density at radius 3 is 2.93 bits per heavy atom. The molecule has 0 aliphatic carbocycles. The Morgan fingerprint density at radius 1 is 1.47 bits per heavy atom. The van der Waals surface area contributed by atoms with Gasteiger partial charge in [-0.25, -0.2) is 0 Å². The van der Waals surface area contributed by atoms with Gasteiger partial charge in [-0.05, 0) is 25.1 Å². The first-order valence-corrected chi connectivity index (χ1v) is 5.30. The Kier molecular flexibility index (Phi) is 2.57. The van der Waals surface area contributed by atoms with E-state index in [1.54, 1.807) is 7.11 Å². The number of thioether (sulfide) groups is 1. The molecule has 0 aromatic heterocycles. The van der Waals surface area contributed by atoms with Gasteiger partial charge < -0.3 is 10.1 Å². The standard InChI is InChI=1S/C11H10N2OS/c1-7-11(6-12)15-10-5-8(14-2)3-4-9(10)13-7/h3-5,13H,1-2H3. The summed E-state index contributed by atoms with van der Waals surface area (Å²) in [7, 11) is 1.63. The van der Waals surface area contributed by atoms with Gasteiger partial charge >= 0.3 is 0 Å². The Bertz CT molecular complexity index is 474. The number of fused-ring (bicyclic) bond motifs is 1. The second-order valence-electron chi connectivity index (χ2n) is 3.16. The maximum absolute atomic E-state index is 8.91. The number of hydrogen-bond donors (Lipinski definition) is 1. The molecule has 0 saturated carbocycles. The molecule has 15 heavy (non-hydrogen) atoms. The van der Waals surface area contributed by atoms with E-state index < -0.39 is 0 Å². The third kappa shape index (κ3) is 1.79. The summed E-state index contributed by atoms with van der Waals surface area (Å²) >= 11 is 1.47. The molecule has 1 aromatic carbocycles. The normalized spacial score (nSPS) is 13.9. The van der Waals surface area contributed by atoms with Crippen molar-refractivity contribution in [2.24, 2.45) is 0 Å². The Morgan fingerprint density at radius 2 is 2.27 bits per heavy atom. The first kappa shape index (κ1) is 9.94. The number of rotatable bonds is 1. The fraction of sp³-hybridized carbons (Fsp3) is 0.182. The van der Waals surface area contributed by atoms with E-state index in [0.717, 1.165) is 22.0 Å². The van der Waals surface area contributed by atoms with Crippen LogP contribution in [0.1, 0.15) is 6.92 Å². The molecule has 0 amide bonds. The number of ether oxygens (including phenoxy) is 1. The predicted molar refractivity (Wildman–Crippen MR) is 60.8 cm³/mol. The van der Waals surface area contributed by atoms with Crippen LogP contribution in [-0.2, 0) is 0 Å². The van der Waals surface area contributed by atoms with Crippen molar-refractivity contribution in [3.8, 4) is 11.8 Å². The highest BCUT2D eigenvalue weighted by atomic mass is 32.2.